The van der Waals surface area contributed by atoms with Crippen LogP contribution in [0.25, 0.3) is 42.4 Å². The molecule has 0 saturated heterocycles. The first-order valence-corrected chi connectivity index (χ1v) is 9.11. The van der Waals surface area contributed by atoms with E-state index >= 15 is 0 Å². The molecule has 2 heteroatoms. The standard InChI is InChI=1S/C24H15ClS/c25-19-12-9-17(10-13-19)20-7-4-8-23-24(20)21-15-18(11-14-22(21)26-23)16-5-2-1-3-6-16/h1-15H/i1D,2D,3D,5D,6D,11D,14D,15D. The number of hydrogen-bond donors (Lipinski definition) is 0. The lowest BCUT2D eigenvalue weighted by Gasteiger charge is -2.06. The third-order valence-corrected chi connectivity index (χ3v) is 5.49. The summed E-state index contributed by atoms with van der Waals surface area (Å²) >= 11 is 7.35. The second kappa shape index (κ2) is 6.28. The van der Waals surface area contributed by atoms with Crippen molar-refractivity contribution in [2.45, 2.75) is 0 Å². The minimum atomic E-state index is -0.546. The van der Waals surface area contributed by atoms with E-state index in [-0.39, 0.29) is 29.3 Å². The van der Waals surface area contributed by atoms with E-state index in [4.69, 9.17) is 22.6 Å². The van der Waals surface area contributed by atoms with Gasteiger partial charge in [0.2, 0.25) is 0 Å². The maximum absolute atomic E-state index is 9.04. The van der Waals surface area contributed by atoms with Gasteiger partial charge in [-0.3, -0.25) is 0 Å². The van der Waals surface area contributed by atoms with Gasteiger partial charge in [0.1, 0.15) is 0 Å². The Hall–Kier alpha value is -2.61. The minimum absolute atomic E-state index is 0.137. The number of rotatable bonds is 2. The van der Waals surface area contributed by atoms with Crippen LogP contribution in [-0.4, -0.2) is 0 Å². The fraction of sp³-hybridized carbons (Fsp3) is 0. The van der Waals surface area contributed by atoms with Gasteiger partial charge in [0.05, 0.1) is 11.0 Å². The maximum atomic E-state index is 9.04. The lowest BCUT2D eigenvalue weighted by atomic mass is 9.97. The van der Waals surface area contributed by atoms with Gasteiger partial charge in [-0.25, -0.2) is 0 Å². The molecule has 5 aromatic rings. The predicted molar refractivity (Wildman–Crippen MR) is 115 cm³/mol. The quantitative estimate of drug-likeness (QED) is 0.291. The van der Waals surface area contributed by atoms with Crippen LogP contribution >= 0.6 is 22.9 Å². The van der Waals surface area contributed by atoms with E-state index in [1.54, 1.807) is 12.1 Å². The van der Waals surface area contributed by atoms with E-state index in [2.05, 4.69) is 0 Å². The first kappa shape index (κ1) is 9.36. The number of fused-ring (bicyclic) bond motifs is 3. The van der Waals surface area contributed by atoms with Gasteiger partial charge in [-0.05, 0) is 52.5 Å². The summed E-state index contributed by atoms with van der Waals surface area (Å²) in [4.78, 5) is 0. The van der Waals surface area contributed by atoms with Gasteiger partial charge >= 0.3 is 0 Å². The Morgan fingerprint density at radius 2 is 1.54 bits per heavy atom. The normalized spacial score (nSPS) is 15.6. The lowest BCUT2D eigenvalue weighted by Crippen LogP contribution is -1.80. The van der Waals surface area contributed by atoms with Crippen LogP contribution in [0.2, 0.25) is 5.02 Å². The van der Waals surface area contributed by atoms with Crippen LogP contribution in [0.15, 0.2) is 90.8 Å². The maximum Gasteiger partial charge on any atom is 0.0638 e. The number of hydrogen-bond acceptors (Lipinski definition) is 1. The van der Waals surface area contributed by atoms with Gasteiger partial charge in [0.25, 0.3) is 0 Å². The molecule has 0 atom stereocenters. The Labute approximate surface area is 172 Å². The average Bonchev–Trinajstić information content (AvgIpc) is 3.23. The Morgan fingerprint density at radius 3 is 2.35 bits per heavy atom. The summed E-state index contributed by atoms with van der Waals surface area (Å²) in [6, 6.07) is 9.68. The molecule has 0 unspecified atom stereocenters. The molecule has 0 fully saturated rings. The van der Waals surface area contributed by atoms with Crippen molar-refractivity contribution < 1.29 is 11.0 Å². The van der Waals surface area contributed by atoms with Crippen LogP contribution < -0.4 is 0 Å². The molecule has 0 radical (unpaired) electrons. The van der Waals surface area contributed by atoms with Crippen molar-refractivity contribution in [2.75, 3.05) is 0 Å². The van der Waals surface area contributed by atoms with Crippen LogP contribution in [0.1, 0.15) is 11.0 Å². The van der Waals surface area contributed by atoms with Gasteiger partial charge in [-0.2, -0.15) is 0 Å². The van der Waals surface area contributed by atoms with Crippen LogP contribution in [0.5, 0.6) is 0 Å². The molecule has 26 heavy (non-hydrogen) atoms. The van der Waals surface area contributed by atoms with E-state index in [1.165, 1.54) is 11.3 Å². The van der Waals surface area contributed by atoms with Crippen molar-refractivity contribution in [1.82, 2.24) is 0 Å². The molecule has 0 amide bonds. The third kappa shape index (κ3) is 2.61. The van der Waals surface area contributed by atoms with Crippen molar-refractivity contribution in [3.8, 4) is 22.3 Å². The van der Waals surface area contributed by atoms with Gasteiger partial charge in [-0.1, -0.05) is 72.1 Å². The first-order chi connectivity index (χ1) is 16.1. The number of halogens is 1. The molecule has 0 spiro atoms. The summed E-state index contributed by atoms with van der Waals surface area (Å²) in [6.45, 7) is 0. The summed E-state index contributed by atoms with van der Waals surface area (Å²) < 4.78 is 68.2. The monoisotopic (exact) mass is 378 g/mol. The zero-order valence-corrected chi connectivity index (χ0v) is 14.9. The smallest absolute Gasteiger partial charge is 0.0638 e. The van der Waals surface area contributed by atoms with Crippen molar-refractivity contribution in [2.24, 2.45) is 0 Å². The van der Waals surface area contributed by atoms with Crippen LogP contribution in [0, 0.1) is 0 Å². The van der Waals surface area contributed by atoms with Crippen molar-refractivity contribution in [1.29, 1.82) is 0 Å². The predicted octanol–water partition coefficient (Wildman–Crippen LogP) is 8.04. The molecular formula is C24H15ClS. The molecule has 4 aromatic carbocycles. The number of thiophene rings is 1. The average molecular weight is 379 g/mol. The molecule has 1 heterocycles. The molecule has 124 valence electrons. The van der Waals surface area contributed by atoms with E-state index in [9.17, 15) is 0 Å². The third-order valence-electron chi connectivity index (χ3n) is 4.17. The molecule has 0 aliphatic heterocycles. The van der Waals surface area contributed by atoms with Crippen LogP contribution in [0.3, 0.4) is 0 Å². The van der Waals surface area contributed by atoms with Gasteiger partial charge < -0.3 is 0 Å². The van der Waals surface area contributed by atoms with Crippen molar-refractivity contribution in [3.63, 3.8) is 0 Å². The van der Waals surface area contributed by atoms with E-state index in [0.29, 0.717) is 15.1 Å². The Morgan fingerprint density at radius 1 is 0.731 bits per heavy atom. The SMILES string of the molecule is [2H]c1c([2H])c([2H])c(-c2c([2H])c([2H])c3sc4cccc(-c5ccc(Cl)cc5)c4c3c2[2H])c([2H])c1[2H]. The second-order valence-corrected chi connectivity index (χ2v) is 7.23. The fourth-order valence-corrected chi connectivity index (χ4v) is 4.17. The van der Waals surface area contributed by atoms with E-state index in [0.717, 1.165) is 21.2 Å². The molecule has 0 N–H and O–H groups in total. The highest BCUT2D eigenvalue weighted by Crippen LogP contribution is 2.41. The highest BCUT2D eigenvalue weighted by Gasteiger charge is 2.12. The number of benzene rings is 4. The summed E-state index contributed by atoms with van der Waals surface area (Å²) in [6.07, 6.45) is 0. The minimum Gasteiger partial charge on any atom is -0.135 e. The Kier molecular flexibility index (Phi) is 2.26. The zero-order valence-electron chi connectivity index (χ0n) is 21.3. The molecule has 0 aliphatic carbocycles. The molecule has 1 aromatic heterocycles. The van der Waals surface area contributed by atoms with Crippen LogP contribution in [0.4, 0.5) is 0 Å². The highest BCUT2D eigenvalue weighted by molar-refractivity contribution is 7.25. The molecule has 0 aliphatic rings. The van der Waals surface area contributed by atoms with Crippen LogP contribution in [-0.2, 0) is 0 Å². The fourth-order valence-electron chi connectivity index (χ4n) is 3.00. The summed E-state index contributed by atoms with van der Waals surface area (Å²) in [5, 5.41) is 1.73. The van der Waals surface area contributed by atoms with Gasteiger partial charge in [0, 0.05) is 25.2 Å². The molecule has 0 bridgehead atoms. The topological polar surface area (TPSA) is 0 Å². The molecule has 5 rings (SSSR count). The lowest BCUT2D eigenvalue weighted by molar-refractivity contribution is 1.65. The highest BCUT2D eigenvalue weighted by atomic mass is 35.5. The Bertz CT molecular complexity index is 1610. The van der Waals surface area contributed by atoms with E-state index < -0.39 is 30.2 Å². The summed E-state index contributed by atoms with van der Waals surface area (Å²) in [5.74, 6) is 0. The van der Waals surface area contributed by atoms with E-state index in [1.807, 2.05) is 30.3 Å². The van der Waals surface area contributed by atoms with Crippen molar-refractivity contribution >= 4 is 43.1 Å². The van der Waals surface area contributed by atoms with Crippen molar-refractivity contribution in [3.05, 3.63) is 95.8 Å². The second-order valence-electron chi connectivity index (χ2n) is 5.74. The molecular weight excluding hydrogens is 356 g/mol. The van der Waals surface area contributed by atoms with Gasteiger partial charge in [-0.15, -0.1) is 11.3 Å². The summed E-state index contributed by atoms with van der Waals surface area (Å²) in [7, 11) is 0. The molecule has 0 saturated carbocycles. The first-order valence-electron chi connectivity index (χ1n) is 11.9. The zero-order chi connectivity index (χ0) is 24.5. The molecule has 0 nitrogen and oxygen atoms in total. The summed E-state index contributed by atoms with van der Waals surface area (Å²) in [5.41, 5.74) is 1.30. The Balaban J connectivity index is 1.96. The van der Waals surface area contributed by atoms with Gasteiger partial charge in [0.15, 0.2) is 0 Å². The largest absolute Gasteiger partial charge is 0.135 e.